The van der Waals surface area contributed by atoms with Crippen LogP contribution in [0.2, 0.25) is 0 Å². The highest BCUT2D eigenvalue weighted by atomic mass is 79.9. The second-order valence-corrected chi connectivity index (χ2v) is 9.52. The zero-order valence-corrected chi connectivity index (χ0v) is 17.9. The summed E-state index contributed by atoms with van der Waals surface area (Å²) < 4.78 is 95.3. The zero-order valence-electron chi connectivity index (χ0n) is 15.5. The minimum absolute atomic E-state index is 0.0440. The lowest BCUT2D eigenvalue weighted by Gasteiger charge is -2.26. The van der Waals surface area contributed by atoms with Crippen molar-refractivity contribution in [1.29, 1.82) is 0 Å². The predicted molar refractivity (Wildman–Crippen MR) is 103 cm³/mol. The van der Waals surface area contributed by atoms with Crippen molar-refractivity contribution in [2.45, 2.75) is 28.7 Å². The van der Waals surface area contributed by atoms with E-state index in [1.54, 1.807) is 0 Å². The lowest BCUT2D eigenvalue weighted by Crippen LogP contribution is -2.30. The van der Waals surface area contributed by atoms with Gasteiger partial charge in [-0.15, -0.1) is 0 Å². The number of nitrogens with zero attached hydrogens (tertiary/aromatic N) is 3. The molecule has 1 heterocycles. The van der Waals surface area contributed by atoms with E-state index < -0.39 is 43.5 Å². The molecule has 0 saturated heterocycles. The average Bonchev–Trinajstić information content (AvgIpc) is 3.27. The third-order valence-electron chi connectivity index (χ3n) is 4.76. The maximum Gasteiger partial charge on any atom is 0.501 e. The molecule has 0 bridgehead atoms. The summed E-state index contributed by atoms with van der Waals surface area (Å²) in [6.45, 7) is 0. The number of rotatable bonds is 4. The summed E-state index contributed by atoms with van der Waals surface area (Å²) in [6.07, 6.45) is 1.74. The SMILES string of the molecule is [N-]=[N+]=NC1CC2(OC=CO2)c2c(S(=O)(=O)C(F)(F)F)ccc(Oc3cc(F)cc(Br)c3)c21. The van der Waals surface area contributed by atoms with Gasteiger partial charge in [0.1, 0.15) is 29.8 Å². The molecule has 0 fully saturated rings. The van der Waals surface area contributed by atoms with Crippen LogP contribution in [0.5, 0.6) is 11.5 Å². The Morgan fingerprint density at radius 3 is 2.50 bits per heavy atom. The van der Waals surface area contributed by atoms with Gasteiger partial charge in [-0.25, -0.2) is 12.8 Å². The summed E-state index contributed by atoms with van der Waals surface area (Å²) in [5.41, 5.74) is 2.64. The number of benzene rings is 2. The highest BCUT2D eigenvalue weighted by Crippen LogP contribution is 2.57. The van der Waals surface area contributed by atoms with E-state index in [0.29, 0.717) is 10.5 Å². The molecule has 8 nitrogen and oxygen atoms in total. The van der Waals surface area contributed by atoms with Crippen LogP contribution in [0.4, 0.5) is 17.6 Å². The topological polar surface area (TPSA) is 111 Å². The van der Waals surface area contributed by atoms with Crippen molar-refractivity contribution in [3.05, 3.63) is 74.7 Å². The first-order valence-corrected chi connectivity index (χ1v) is 10.9. The Kier molecular flexibility index (Phi) is 5.26. The summed E-state index contributed by atoms with van der Waals surface area (Å²) in [5, 5.41) is 3.56. The quantitative estimate of drug-likeness (QED) is 0.203. The summed E-state index contributed by atoms with van der Waals surface area (Å²) in [5.74, 6) is -2.86. The standard InChI is InChI=1S/C18H10BrF4N3O5S/c19-9-5-10(20)7-11(6-9)31-13-1-2-14(32(27,28)18(21,22)23)16-15(13)12(25-26-24)8-17(16)29-3-4-30-17/h1-7,12H,8H2. The molecular weight excluding hydrogens is 526 g/mol. The summed E-state index contributed by atoms with van der Waals surface area (Å²) in [4.78, 5) is 1.55. The molecule has 2 aromatic carbocycles. The Labute approximate surface area is 186 Å². The third-order valence-corrected chi connectivity index (χ3v) is 6.75. The second-order valence-electron chi connectivity index (χ2n) is 6.69. The molecule has 32 heavy (non-hydrogen) atoms. The fraction of sp³-hybridized carbons (Fsp3) is 0.222. The molecular formula is C18H10BrF4N3O5S. The zero-order chi connectivity index (χ0) is 23.3. The number of hydrogen-bond donors (Lipinski definition) is 0. The molecule has 0 saturated carbocycles. The molecule has 1 spiro atoms. The van der Waals surface area contributed by atoms with Gasteiger partial charge in [0.05, 0.1) is 16.5 Å². The molecule has 0 N–H and O–H groups in total. The summed E-state index contributed by atoms with van der Waals surface area (Å²) in [7, 11) is -5.85. The van der Waals surface area contributed by atoms with Crippen molar-refractivity contribution >= 4 is 25.8 Å². The molecule has 14 heteroatoms. The molecule has 0 radical (unpaired) electrons. The van der Waals surface area contributed by atoms with Crippen molar-refractivity contribution in [3.8, 4) is 11.5 Å². The van der Waals surface area contributed by atoms with Gasteiger partial charge in [0, 0.05) is 27.4 Å². The number of halogens is 5. The van der Waals surface area contributed by atoms with Crippen LogP contribution < -0.4 is 4.74 Å². The van der Waals surface area contributed by atoms with Crippen LogP contribution in [0.1, 0.15) is 23.6 Å². The van der Waals surface area contributed by atoms with Gasteiger partial charge < -0.3 is 14.2 Å². The van der Waals surface area contributed by atoms with E-state index in [9.17, 15) is 26.0 Å². The van der Waals surface area contributed by atoms with E-state index in [2.05, 4.69) is 26.0 Å². The van der Waals surface area contributed by atoms with Gasteiger partial charge in [0.15, 0.2) is 0 Å². The Morgan fingerprint density at radius 1 is 1.22 bits per heavy atom. The fourth-order valence-electron chi connectivity index (χ4n) is 3.59. The molecule has 1 aliphatic carbocycles. The van der Waals surface area contributed by atoms with Crippen LogP contribution in [0.15, 0.2) is 57.3 Å². The lowest BCUT2D eigenvalue weighted by atomic mass is 10.1. The number of alkyl halides is 3. The van der Waals surface area contributed by atoms with Crippen LogP contribution in [0, 0.1) is 5.82 Å². The maximum absolute atomic E-state index is 13.8. The Bertz CT molecular complexity index is 1260. The normalized spacial score (nSPS) is 18.6. The Hall–Kier alpha value is -2.96. The van der Waals surface area contributed by atoms with Crippen LogP contribution in [-0.4, -0.2) is 13.9 Å². The molecule has 2 aromatic rings. The molecule has 0 aromatic heterocycles. The minimum atomic E-state index is -5.85. The predicted octanol–water partition coefficient (Wildman–Crippen LogP) is 6.10. The van der Waals surface area contributed by atoms with Crippen LogP contribution >= 0.6 is 15.9 Å². The van der Waals surface area contributed by atoms with Crippen molar-refractivity contribution in [2.24, 2.45) is 5.11 Å². The van der Waals surface area contributed by atoms with Gasteiger partial charge >= 0.3 is 5.51 Å². The van der Waals surface area contributed by atoms with E-state index in [0.717, 1.165) is 30.7 Å². The van der Waals surface area contributed by atoms with Gasteiger partial charge in [-0.1, -0.05) is 21.0 Å². The van der Waals surface area contributed by atoms with Crippen molar-refractivity contribution in [2.75, 3.05) is 0 Å². The van der Waals surface area contributed by atoms with Gasteiger partial charge in [-0.05, 0) is 29.8 Å². The first-order chi connectivity index (χ1) is 15.0. The summed E-state index contributed by atoms with van der Waals surface area (Å²) in [6, 6.07) is 4.00. The minimum Gasteiger partial charge on any atom is -0.457 e. The largest absolute Gasteiger partial charge is 0.501 e. The van der Waals surface area contributed by atoms with Crippen molar-refractivity contribution < 1.29 is 40.2 Å². The van der Waals surface area contributed by atoms with Gasteiger partial charge in [-0.3, -0.25) is 0 Å². The molecule has 1 unspecified atom stereocenters. The molecule has 1 aliphatic heterocycles. The highest BCUT2D eigenvalue weighted by molar-refractivity contribution is 9.10. The van der Waals surface area contributed by atoms with Crippen LogP contribution in [0.25, 0.3) is 10.4 Å². The van der Waals surface area contributed by atoms with Crippen LogP contribution in [0.3, 0.4) is 0 Å². The molecule has 4 rings (SSSR count). The monoisotopic (exact) mass is 535 g/mol. The average molecular weight is 536 g/mol. The Balaban J connectivity index is 1.99. The van der Waals surface area contributed by atoms with Crippen molar-refractivity contribution in [1.82, 2.24) is 0 Å². The van der Waals surface area contributed by atoms with Crippen molar-refractivity contribution in [3.63, 3.8) is 0 Å². The highest BCUT2D eigenvalue weighted by Gasteiger charge is 2.57. The van der Waals surface area contributed by atoms with Gasteiger partial charge in [-0.2, -0.15) is 13.2 Å². The Morgan fingerprint density at radius 2 is 1.91 bits per heavy atom. The lowest BCUT2D eigenvalue weighted by molar-refractivity contribution is -0.151. The first kappa shape index (κ1) is 22.2. The fourth-order valence-corrected chi connectivity index (χ4v) is 5.07. The van der Waals surface area contributed by atoms with E-state index in [4.69, 9.17) is 19.7 Å². The number of hydrogen-bond acceptors (Lipinski definition) is 6. The number of azide groups is 1. The van der Waals surface area contributed by atoms with E-state index in [1.807, 2.05) is 0 Å². The third kappa shape index (κ3) is 3.53. The number of sulfone groups is 1. The smallest absolute Gasteiger partial charge is 0.457 e. The second kappa shape index (κ2) is 7.57. The summed E-state index contributed by atoms with van der Waals surface area (Å²) >= 11 is 3.09. The van der Waals surface area contributed by atoms with E-state index in [1.165, 1.54) is 6.07 Å². The van der Waals surface area contributed by atoms with Gasteiger partial charge in [0.2, 0.25) is 0 Å². The maximum atomic E-state index is 13.8. The number of ether oxygens (including phenoxy) is 3. The molecule has 0 amide bonds. The van der Waals surface area contributed by atoms with Crippen LogP contribution in [-0.2, 0) is 25.1 Å². The number of fused-ring (bicyclic) bond motifs is 2. The molecule has 1 atom stereocenters. The molecule has 168 valence electrons. The first-order valence-electron chi connectivity index (χ1n) is 8.66. The van der Waals surface area contributed by atoms with E-state index >= 15 is 0 Å². The molecule has 2 aliphatic rings. The van der Waals surface area contributed by atoms with E-state index in [-0.39, 0.29) is 23.5 Å². The van der Waals surface area contributed by atoms with Gasteiger partial charge in [0.25, 0.3) is 15.6 Å².